The molecule has 1 atom stereocenters. The minimum absolute atomic E-state index is 0.0219. The third kappa shape index (κ3) is 4.18. The van der Waals surface area contributed by atoms with Crippen LogP contribution in [0.2, 0.25) is 5.02 Å². The normalized spacial score (nSPS) is 16.8. The van der Waals surface area contributed by atoms with Crippen LogP contribution in [0.1, 0.15) is 25.3 Å². The van der Waals surface area contributed by atoms with Gasteiger partial charge < -0.3 is 9.32 Å². The van der Waals surface area contributed by atoms with Crippen LogP contribution in [0.15, 0.2) is 52.9 Å². The van der Waals surface area contributed by atoms with E-state index >= 15 is 0 Å². The van der Waals surface area contributed by atoms with Crippen molar-refractivity contribution < 1.29 is 8.81 Å². The third-order valence-electron chi connectivity index (χ3n) is 5.14. The number of nitrogens with zero attached hydrogens (tertiary/aromatic N) is 4. The van der Waals surface area contributed by atoms with Crippen LogP contribution in [0, 0.1) is 5.82 Å². The molecule has 7 heteroatoms. The Kier molecular flexibility index (Phi) is 5.59. The standard InChI is InChI=1S/C21H22ClFN4O/c1-15(20-24-25-21(28-20)16-4-2-5-17(22)14-16)26-10-3-11-27(13-12-26)19-8-6-18(23)7-9-19/h2,4-9,14-15H,3,10-13H2,1H3. The van der Waals surface area contributed by atoms with Crippen molar-refractivity contribution in [3.8, 4) is 11.5 Å². The van der Waals surface area contributed by atoms with Gasteiger partial charge in [-0.1, -0.05) is 17.7 Å². The molecule has 5 nitrogen and oxygen atoms in total. The van der Waals surface area contributed by atoms with E-state index in [9.17, 15) is 4.39 Å². The Labute approximate surface area is 168 Å². The Morgan fingerprint density at radius 3 is 2.64 bits per heavy atom. The summed E-state index contributed by atoms with van der Waals surface area (Å²) in [6, 6.07) is 14.1. The maximum atomic E-state index is 13.2. The first-order valence-electron chi connectivity index (χ1n) is 9.44. The lowest BCUT2D eigenvalue weighted by molar-refractivity contribution is 0.196. The summed E-state index contributed by atoms with van der Waals surface area (Å²) >= 11 is 6.05. The molecule has 4 rings (SSSR count). The first-order valence-corrected chi connectivity index (χ1v) is 9.82. The molecule has 0 saturated carbocycles. The molecular formula is C21H22ClFN4O. The van der Waals surface area contributed by atoms with Crippen LogP contribution < -0.4 is 4.90 Å². The zero-order valence-electron chi connectivity index (χ0n) is 15.7. The van der Waals surface area contributed by atoms with E-state index in [1.807, 2.05) is 36.4 Å². The molecule has 2 aromatic carbocycles. The quantitative estimate of drug-likeness (QED) is 0.629. The lowest BCUT2D eigenvalue weighted by atomic mass is 10.2. The molecule has 0 aliphatic carbocycles. The second-order valence-corrected chi connectivity index (χ2v) is 7.42. The number of halogens is 2. The molecule has 1 unspecified atom stereocenters. The highest BCUT2D eigenvalue weighted by atomic mass is 35.5. The fraction of sp³-hybridized carbons (Fsp3) is 0.333. The van der Waals surface area contributed by atoms with Crippen LogP contribution in [0.25, 0.3) is 11.5 Å². The van der Waals surface area contributed by atoms with Crippen molar-refractivity contribution in [1.29, 1.82) is 0 Å². The highest BCUT2D eigenvalue weighted by Gasteiger charge is 2.24. The van der Waals surface area contributed by atoms with E-state index in [0.717, 1.165) is 43.9 Å². The predicted molar refractivity (Wildman–Crippen MR) is 108 cm³/mol. The molecule has 0 spiro atoms. The van der Waals surface area contributed by atoms with Crippen LogP contribution in [0.4, 0.5) is 10.1 Å². The zero-order valence-corrected chi connectivity index (χ0v) is 16.4. The van der Waals surface area contributed by atoms with Crippen molar-refractivity contribution in [2.75, 3.05) is 31.1 Å². The number of hydrogen-bond acceptors (Lipinski definition) is 5. The number of hydrogen-bond donors (Lipinski definition) is 0. The van der Waals surface area contributed by atoms with Crippen molar-refractivity contribution in [1.82, 2.24) is 15.1 Å². The summed E-state index contributed by atoms with van der Waals surface area (Å²) in [5, 5.41) is 9.09. The molecule has 0 bridgehead atoms. The average molecular weight is 401 g/mol. The molecule has 0 N–H and O–H groups in total. The molecule has 1 fully saturated rings. The number of benzene rings is 2. The maximum Gasteiger partial charge on any atom is 0.247 e. The molecular weight excluding hydrogens is 379 g/mol. The van der Waals surface area contributed by atoms with Crippen LogP contribution >= 0.6 is 11.6 Å². The summed E-state index contributed by atoms with van der Waals surface area (Å²) < 4.78 is 19.1. The van der Waals surface area contributed by atoms with E-state index in [-0.39, 0.29) is 11.9 Å². The monoisotopic (exact) mass is 400 g/mol. The maximum absolute atomic E-state index is 13.2. The fourth-order valence-corrected chi connectivity index (χ4v) is 3.72. The Balaban J connectivity index is 1.44. The molecule has 3 aromatic rings. The van der Waals surface area contributed by atoms with Crippen LogP contribution in [-0.2, 0) is 0 Å². The minimum Gasteiger partial charge on any atom is -0.419 e. The lowest BCUT2D eigenvalue weighted by Crippen LogP contribution is -2.32. The van der Waals surface area contributed by atoms with Gasteiger partial charge in [-0.3, -0.25) is 4.90 Å². The second kappa shape index (κ2) is 8.29. The second-order valence-electron chi connectivity index (χ2n) is 6.98. The molecule has 146 valence electrons. The highest BCUT2D eigenvalue weighted by Crippen LogP contribution is 2.27. The lowest BCUT2D eigenvalue weighted by Gasteiger charge is -2.26. The van der Waals surface area contributed by atoms with Crippen molar-refractivity contribution >= 4 is 17.3 Å². The van der Waals surface area contributed by atoms with E-state index in [0.29, 0.717) is 16.8 Å². The Morgan fingerprint density at radius 1 is 1.04 bits per heavy atom. The molecule has 0 amide bonds. The number of anilines is 1. The molecule has 1 aliphatic rings. The van der Waals surface area contributed by atoms with E-state index in [1.165, 1.54) is 12.1 Å². The van der Waals surface area contributed by atoms with Gasteiger partial charge in [0.05, 0.1) is 6.04 Å². The van der Waals surface area contributed by atoms with Gasteiger partial charge in [-0.25, -0.2) is 4.39 Å². The van der Waals surface area contributed by atoms with Gasteiger partial charge in [-0.05, 0) is 55.8 Å². The van der Waals surface area contributed by atoms with Gasteiger partial charge in [0.25, 0.3) is 0 Å². The van der Waals surface area contributed by atoms with Crippen LogP contribution in [0.5, 0.6) is 0 Å². The van der Waals surface area contributed by atoms with Gasteiger partial charge in [0.1, 0.15) is 5.82 Å². The summed E-state index contributed by atoms with van der Waals surface area (Å²) in [6.45, 7) is 5.70. The molecule has 0 radical (unpaired) electrons. The minimum atomic E-state index is -0.208. The molecule has 2 heterocycles. The van der Waals surface area contributed by atoms with Gasteiger partial charge in [0, 0.05) is 42.5 Å². The van der Waals surface area contributed by atoms with Crippen molar-refractivity contribution in [3.05, 3.63) is 65.3 Å². The summed E-state index contributed by atoms with van der Waals surface area (Å²) in [5.41, 5.74) is 1.87. The molecule has 1 saturated heterocycles. The number of aromatic nitrogens is 2. The van der Waals surface area contributed by atoms with Crippen LogP contribution in [-0.4, -0.2) is 41.3 Å². The van der Waals surface area contributed by atoms with Gasteiger partial charge in [-0.2, -0.15) is 0 Å². The Hall–Kier alpha value is -2.44. The SMILES string of the molecule is CC(c1nnc(-c2cccc(Cl)c2)o1)N1CCCN(c2ccc(F)cc2)CC1. The summed E-state index contributed by atoms with van der Waals surface area (Å²) in [7, 11) is 0. The van der Waals surface area contributed by atoms with Gasteiger partial charge in [0.15, 0.2) is 0 Å². The third-order valence-corrected chi connectivity index (χ3v) is 5.37. The predicted octanol–water partition coefficient (Wildman–Crippen LogP) is 4.80. The Morgan fingerprint density at radius 2 is 1.86 bits per heavy atom. The first-order chi connectivity index (χ1) is 13.6. The smallest absolute Gasteiger partial charge is 0.247 e. The van der Waals surface area contributed by atoms with E-state index in [2.05, 4.69) is 26.9 Å². The van der Waals surface area contributed by atoms with Gasteiger partial charge in [-0.15, -0.1) is 10.2 Å². The fourth-order valence-electron chi connectivity index (χ4n) is 3.53. The zero-order chi connectivity index (χ0) is 19.5. The molecule has 28 heavy (non-hydrogen) atoms. The largest absolute Gasteiger partial charge is 0.419 e. The van der Waals surface area contributed by atoms with Crippen molar-refractivity contribution in [3.63, 3.8) is 0 Å². The summed E-state index contributed by atoms with van der Waals surface area (Å²) in [6.07, 6.45) is 1.01. The van der Waals surface area contributed by atoms with E-state index < -0.39 is 0 Å². The average Bonchev–Trinajstić information content (AvgIpc) is 3.07. The Bertz CT molecular complexity index is 930. The van der Waals surface area contributed by atoms with Gasteiger partial charge in [0.2, 0.25) is 11.8 Å². The molecule has 1 aromatic heterocycles. The topological polar surface area (TPSA) is 45.4 Å². The van der Waals surface area contributed by atoms with E-state index in [1.54, 1.807) is 0 Å². The highest BCUT2D eigenvalue weighted by molar-refractivity contribution is 6.30. The van der Waals surface area contributed by atoms with Crippen LogP contribution in [0.3, 0.4) is 0 Å². The van der Waals surface area contributed by atoms with E-state index in [4.69, 9.17) is 16.0 Å². The summed E-state index contributed by atoms with van der Waals surface area (Å²) in [5.74, 6) is 0.873. The van der Waals surface area contributed by atoms with Crippen molar-refractivity contribution in [2.24, 2.45) is 0 Å². The summed E-state index contributed by atoms with van der Waals surface area (Å²) in [4.78, 5) is 4.64. The first kappa shape index (κ1) is 18.9. The van der Waals surface area contributed by atoms with Gasteiger partial charge >= 0.3 is 0 Å². The van der Waals surface area contributed by atoms with Crippen molar-refractivity contribution in [2.45, 2.75) is 19.4 Å². The number of rotatable bonds is 4. The molecule has 1 aliphatic heterocycles.